The summed E-state index contributed by atoms with van der Waals surface area (Å²) in [5.74, 6) is -1.30. The third-order valence-electron chi connectivity index (χ3n) is 7.75. The second kappa shape index (κ2) is 10.1. The molecule has 0 amide bonds. The molecular weight excluding hydrogens is 452 g/mol. The van der Waals surface area contributed by atoms with Gasteiger partial charge in [0.05, 0.1) is 13.1 Å². The second-order valence-electron chi connectivity index (χ2n) is 10.3. The fourth-order valence-corrected chi connectivity index (χ4v) is 5.58. The van der Waals surface area contributed by atoms with E-state index in [9.17, 15) is 17.6 Å². The third kappa shape index (κ3) is 5.76. The molecule has 2 fully saturated rings. The number of halogens is 4. The van der Waals surface area contributed by atoms with Gasteiger partial charge in [-0.2, -0.15) is 0 Å². The van der Waals surface area contributed by atoms with Crippen LogP contribution in [0.3, 0.4) is 0 Å². The van der Waals surface area contributed by atoms with E-state index in [4.69, 9.17) is 0 Å². The maximum absolute atomic E-state index is 14.5. The predicted molar refractivity (Wildman–Crippen MR) is 128 cm³/mol. The number of nitrogens with one attached hydrogen (secondary N) is 1. The fraction of sp³-hybridized carbons (Fsp3) is 0.379. The molecule has 1 saturated heterocycles. The Bertz CT molecular complexity index is 1100. The van der Waals surface area contributed by atoms with E-state index in [1.165, 1.54) is 29.8 Å². The van der Waals surface area contributed by atoms with Gasteiger partial charge >= 0.3 is 0 Å². The molecule has 1 aliphatic heterocycles. The maximum Gasteiger partial charge on any atom is 0.134 e. The number of quaternary nitrogens is 1. The van der Waals surface area contributed by atoms with Crippen LogP contribution in [0.25, 0.3) is 0 Å². The van der Waals surface area contributed by atoms with E-state index in [2.05, 4.69) is 29.6 Å². The van der Waals surface area contributed by atoms with Crippen LogP contribution in [0.1, 0.15) is 41.9 Å². The van der Waals surface area contributed by atoms with Crippen molar-refractivity contribution in [1.29, 1.82) is 0 Å². The molecule has 0 bridgehead atoms. The van der Waals surface area contributed by atoms with Crippen LogP contribution >= 0.6 is 0 Å². The average molecular weight is 484 g/mol. The van der Waals surface area contributed by atoms with Crippen LogP contribution in [0.4, 0.5) is 17.6 Å². The summed E-state index contributed by atoms with van der Waals surface area (Å²) < 4.78 is 56.5. The predicted octanol–water partition coefficient (Wildman–Crippen LogP) is 6.32. The quantitative estimate of drug-likeness (QED) is 0.292. The number of benzene rings is 3. The number of likely N-dealkylation sites (tertiary alicyclic amines) is 1. The third-order valence-corrected chi connectivity index (χ3v) is 7.75. The molecule has 0 spiro atoms. The van der Waals surface area contributed by atoms with Gasteiger partial charge < -0.3 is 9.80 Å². The van der Waals surface area contributed by atoms with Crippen molar-refractivity contribution in [2.75, 3.05) is 19.6 Å². The topological polar surface area (TPSA) is 12.0 Å². The first-order valence-corrected chi connectivity index (χ1v) is 12.4. The van der Waals surface area contributed by atoms with Crippen molar-refractivity contribution in [3.63, 3.8) is 0 Å². The monoisotopic (exact) mass is 483 g/mol. The highest BCUT2D eigenvalue weighted by Gasteiger charge is 2.40. The Morgan fingerprint density at radius 3 is 1.86 bits per heavy atom. The number of hydrogen-bond acceptors (Lipinski definition) is 1. The molecule has 184 valence electrons. The van der Waals surface area contributed by atoms with E-state index in [-0.39, 0.29) is 0 Å². The Morgan fingerprint density at radius 2 is 1.31 bits per heavy atom. The summed E-state index contributed by atoms with van der Waals surface area (Å²) in [6.07, 6.45) is 3.02. The van der Waals surface area contributed by atoms with Gasteiger partial charge in [-0.15, -0.1) is 0 Å². The lowest BCUT2D eigenvalue weighted by molar-refractivity contribution is -0.958. The molecule has 5 rings (SSSR count). The zero-order valence-electron chi connectivity index (χ0n) is 19.7. The molecule has 3 aromatic rings. The summed E-state index contributed by atoms with van der Waals surface area (Å²) in [4.78, 5) is 0. The van der Waals surface area contributed by atoms with Gasteiger partial charge in [0.15, 0.2) is 0 Å². The van der Waals surface area contributed by atoms with Crippen LogP contribution in [-0.4, -0.2) is 30.2 Å². The molecule has 6 heteroatoms. The molecule has 2 aliphatic rings. The summed E-state index contributed by atoms with van der Waals surface area (Å²) in [5.41, 5.74) is 2.23. The van der Waals surface area contributed by atoms with E-state index in [1.807, 2.05) is 6.07 Å². The summed E-state index contributed by atoms with van der Waals surface area (Å²) in [6.45, 7) is 3.15. The number of nitrogens with zero attached hydrogens (tertiary/aromatic N) is 1. The van der Waals surface area contributed by atoms with Crippen molar-refractivity contribution in [3.8, 4) is 0 Å². The Hall–Kier alpha value is -2.70. The standard InChI is InChI=1S/C29H31F4N2/c30-24-8-6-22(27(32)14-24)18-35(19-23-7-9-25(31)15-28(23)33)12-10-20(11-13-35)17-34-29-16-26(29)21-4-2-1-3-5-21/h1-9,14-15,20,26,29,34H,10-13,16-19H2/q+1. The maximum atomic E-state index is 14.5. The first-order valence-electron chi connectivity index (χ1n) is 12.4. The Kier molecular flexibility index (Phi) is 6.94. The van der Waals surface area contributed by atoms with Crippen LogP contribution in [0.2, 0.25) is 0 Å². The fourth-order valence-electron chi connectivity index (χ4n) is 5.58. The molecule has 35 heavy (non-hydrogen) atoms. The SMILES string of the molecule is Fc1ccc(C[N+]2(Cc3ccc(F)cc3F)CCC(CNC3CC3c3ccccc3)CC2)c(F)c1. The van der Waals surface area contributed by atoms with Gasteiger partial charge in [0.25, 0.3) is 0 Å². The van der Waals surface area contributed by atoms with Crippen LogP contribution in [0.15, 0.2) is 66.7 Å². The lowest BCUT2D eigenvalue weighted by atomic mass is 9.93. The van der Waals surface area contributed by atoms with Crippen molar-refractivity contribution < 1.29 is 22.0 Å². The van der Waals surface area contributed by atoms with Crippen molar-refractivity contribution in [2.45, 2.75) is 44.3 Å². The van der Waals surface area contributed by atoms with Crippen molar-refractivity contribution in [1.82, 2.24) is 5.32 Å². The zero-order valence-corrected chi connectivity index (χ0v) is 19.7. The van der Waals surface area contributed by atoms with Gasteiger partial charge in [-0.3, -0.25) is 0 Å². The summed E-state index contributed by atoms with van der Waals surface area (Å²) in [7, 11) is 0. The lowest BCUT2D eigenvalue weighted by Gasteiger charge is -2.44. The van der Waals surface area contributed by atoms with Crippen molar-refractivity contribution in [3.05, 3.63) is 107 Å². The first kappa shape index (κ1) is 24.0. The Labute approximate surface area is 204 Å². The largest absolute Gasteiger partial charge is 0.316 e. The van der Waals surface area contributed by atoms with Gasteiger partial charge in [-0.05, 0) is 48.7 Å². The molecule has 2 nitrogen and oxygen atoms in total. The van der Waals surface area contributed by atoms with E-state index in [0.29, 0.717) is 46.6 Å². The molecule has 2 atom stereocenters. The Morgan fingerprint density at radius 1 is 0.743 bits per heavy atom. The van der Waals surface area contributed by atoms with Gasteiger partial charge in [0, 0.05) is 48.1 Å². The lowest BCUT2D eigenvalue weighted by Crippen LogP contribution is -2.53. The normalized spacial score (nSPS) is 21.7. The summed E-state index contributed by atoms with van der Waals surface area (Å²) in [5, 5.41) is 3.72. The van der Waals surface area contributed by atoms with E-state index >= 15 is 0 Å². The minimum atomic E-state index is -0.610. The molecule has 1 saturated carbocycles. The average Bonchev–Trinajstić information content (AvgIpc) is 3.63. The van der Waals surface area contributed by atoms with E-state index in [1.54, 1.807) is 0 Å². The van der Waals surface area contributed by atoms with E-state index < -0.39 is 23.3 Å². The number of rotatable bonds is 8. The second-order valence-corrected chi connectivity index (χ2v) is 10.3. The van der Waals surface area contributed by atoms with Gasteiger partial charge in [0.2, 0.25) is 0 Å². The molecule has 1 aliphatic carbocycles. The van der Waals surface area contributed by atoms with Crippen molar-refractivity contribution >= 4 is 0 Å². The minimum absolute atomic E-state index is 0.349. The number of piperidine rings is 1. The highest BCUT2D eigenvalue weighted by Crippen LogP contribution is 2.41. The molecule has 0 radical (unpaired) electrons. The minimum Gasteiger partial charge on any atom is -0.316 e. The van der Waals surface area contributed by atoms with Crippen LogP contribution in [0.5, 0.6) is 0 Å². The highest BCUT2D eigenvalue weighted by atomic mass is 19.1. The molecular formula is C29H31F4N2+. The van der Waals surface area contributed by atoms with Gasteiger partial charge in [-0.25, -0.2) is 17.6 Å². The summed E-state index contributed by atoms with van der Waals surface area (Å²) >= 11 is 0. The van der Waals surface area contributed by atoms with Crippen LogP contribution in [-0.2, 0) is 13.1 Å². The van der Waals surface area contributed by atoms with Crippen LogP contribution < -0.4 is 5.32 Å². The van der Waals surface area contributed by atoms with E-state index in [0.717, 1.165) is 51.0 Å². The molecule has 0 aromatic heterocycles. The smallest absolute Gasteiger partial charge is 0.134 e. The van der Waals surface area contributed by atoms with Crippen molar-refractivity contribution in [2.24, 2.45) is 5.92 Å². The first-order chi connectivity index (χ1) is 16.9. The molecule has 1 heterocycles. The van der Waals surface area contributed by atoms with Gasteiger partial charge in [-0.1, -0.05) is 30.3 Å². The van der Waals surface area contributed by atoms with Crippen LogP contribution in [0, 0.1) is 29.2 Å². The molecule has 1 N–H and O–H groups in total. The zero-order chi connectivity index (χ0) is 24.4. The van der Waals surface area contributed by atoms with Gasteiger partial charge in [0.1, 0.15) is 36.4 Å². The highest BCUT2D eigenvalue weighted by molar-refractivity contribution is 5.27. The molecule has 2 unspecified atom stereocenters. The Balaban J connectivity index is 1.24. The number of hydrogen-bond donors (Lipinski definition) is 1. The molecule has 3 aromatic carbocycles. The summed E-state index contributed by atoms with van der Waals surface area (Å²) in [6, 6.07) is 18.4.